The maximum atomic E-state index is 12.8. The molecule has 0 radical (unpaired) electrons. The molecule has 0 aliphatic carbocycles. The van der Waals surface area contributed by atoms with Crippen molar-refractivity contribution >= 4 is 23.2 Å². The van der Waals surface area contributed by atoms with Gasteiger partial charge in [-0.1, -0.05) is 30.3 Å². The number of carbonyl (C=O) groups is 2. The molecule has 0 bridgehead atoms. The second-order valence-electron chi connectivity index (χ2n) is 7.36. The van der Waals surface area contributed by atoms with Gasteiger partial charge in [0.1, 0.15) is 10.7 Å². The van der Waals surface area contributed by atoms with Crippen LogP contribution in [0.4, 0.5) is 0 Å². The summed E-state index contributed by atoms with van der Waals surface area (Å²) in [5.41, 5.74) is 1.55. The molecule has 6 heteroatoms. The van der Waals surface area contributed by atoms with Crippen molar-refractivity contribution < 1.29 is 9.59 Å². The van der Waals surface area contributed by atoms with Gasteiger partial charge in [-0.15, -0.1) is 11.3 Å². The summed E-state index contributed by atoms with van der Waals surface area (Å²) in [7, 11) is 0. The SMILES string of the molecule is O=C(c1csc(-c2ccccc2)n1)N1CCC(C(=O)N2CCCCC2)CC1. The van der Waals surface area contributed by atoms with Crippen molar-refractivity contribution in [2.45, 2.75) is 32.1 Å². The predicted octanol–water partition coefficient (Wildman–Crippen LogP) is 3.67. The van der Waals surface area contributed by atoms with Gasteiger partial charge in [0.25, 0.3) is 5.91 Å². The molecule has 2 fully saturated rings. The van der Waals surface area contributed by atoms with Gasteiger partial charge in [-0.3, -0.25) is 9.59 Å². The first-order valence-corrected chi connectivity index (χ1v) is 10.7. The summed E-state index contributed by atoms with van der Waals surface area (Å²) in [5.74, 6) is 0.349. The van der Waals surface area contributed by atoms with Crippen LogP contribution in [0.2, 0.25) is 0 Å². The van der Waals surface area contributed by atoms with E-state index in [9.17, 15) is 9.59 Å². The lowest BCUT2D eigenvalue weighted by atomic mass is 9.94. The van der Waals surface area contributed by atoms with Crippen LogP contribution in [0.5, 0.6) is 0 Å². The zero-order valence-corrected chi connectivity index (χ0v) is 16.3. The number of hydrogen-bond donors (Lipinski definition) is 0. The molecule has 2 aliphatic rings. The standard InChI is InChI=1S/C21H25N3O2S/c25-20(23-11-5-2-6-12-23)17-9-13-24(14-10-17)21(26)18-15-27-19(22-18)16-7-3-1-4-8-16/h1,3-4,7-8,15,17H,2,5-6,9-14H2. The molecule has 0 atom stereocenters. The molecule has 0 N–H and O–H groups in total. The van der Waals surface area contributed by atoms with Crippen LogP contribution in [0.3, 0.4) is 0 Å². The van der Waals surface area contributed by atoms with E-state index >= 15 is 0 Å². The summed E-state index contributed by atoms with van der Waals surface area (Å²) in [6.07, 6.45) is 5.00. The van der Waals surface area contributed by atoms with Crippen LogP contribution in [0.1, 0.15) is 42.6 Å². The Kier molecular flexibility index (Phi) is 5.53. The number of likely N-dealkylation sites (tertiary alicyclic amines) is 2. The van der Waals surface area contributed by atoms with Gasteiger partial charge in [-0.05, 0) is 32.1 Å². The van der Waals surface area contributed by atoms with E-state index in [0.29, 0.717) is 24.7 Å². The Bertz CT molecular complexity index is 791. The zero-order chi connectivity index (χ0) is 18.6. The minimum Gasteiger partial charge on any atom is -0.342 e. The molecule has 5 nitrogen and oxygen atoms in total. The third-order valence-corrected chi connectivity index (χ3v) is 6.43. The first-order valence-electron chi connectivity index (χ1n) is 9.81. The summed E-state index contributed by atoms with van der Waals surface area (Å²) in [4.78, 5) is 33.9. The lowest BCUT2D eigenvalue weighted by Gasteiger charge is -2.35. The quantitative estimate of drug-likeness (QED) is 0.812. The van der Waals surface area contributed by atoms with Crippen molar-refractivity contribution in [1.82, 2.24) is 14.8 Å². The molecule has 0 spiro atoms. The molecule has 3 heterocycles. The van der Waals surface area contributed by atoms with Gasteiger partial charge >= 0.3 is 0 Å². The highest BCUT2D eigenvalue weighted by Gasteiger charge is 2.31. The smallest absolute Gasteiger partial charge is 0.273 e. The number of nitrogens with zero attached hydrogens (tertiary/aromatic N) is 3. The van der Waals surface area contributed by atoms with Crippen molar-refractivity contribution in [2.24, 2.45) is 5.92 Å². The maximum Gasteiger partial charge on any atom is 0.273 e. The molecule has 2 amide bonds. The normalized spacial score (nSPS) is 18.5. The van der Waals surface area contributed by atoms with Crippen molar-refractivity contribution in [3.8, 4) is 10.6 Å². The molecule has 142 valence electrons. The number of piperidine rings is 2. The highest BCUT2D eigenvalue weighted by Crippen LogP contribution is 2.26. The number of aromatic nitrogens is 1. The Balaban J connectivity index is 1.35. The van der Waals surface area contributed by atoms with E-state index in [2.05, 4.69) is 4.98 Å². The fraction of sp³-hybridized carbons (Fsp3) is 0.476. The van der Waals surface area contributed by atoms with E-state index in [1.165, 1.54) is 17.8 Å². The molecule has 2 aromatic rings. The Hall–Kier alpha value is -2.21. The molecule has 0 saturated carbocycles. The first-order chi connectivity index (χ1) is 13.2. The topological polar surface area (TPSA) is 53.5 Å². The van der Waals surface area contributed by atoms with Gasteiger partial charge in [0, 0.05) is 43.0 Å². The van der Waals surface area contributed by atoms with Crippen LogP contribution >= 0.6 is 11.3 Å². The number of benzene rings is 1. The summed E-state index contributed by atoms with van der Waals surface area (Å²) in [6.45, 7) is 3.08. The fourth-order valence-corrected chi connectivity index (χ4v) is 4.75. The fourth-order valence-electron chi connectivity index (χ4n) is 3.95. The van der Waals surface area contributed by atoms with E-state index in [1.807, 2.05) is 45.5 Å². The number of thiazole rings is 1. The molecule has 1 aromatic carbocycles. The van der Waals surface area contributed by atoms with Gasteiger partial charge < -0.3 is 9.80 Å². The lowest BCUT2D eigenvalue weighted by Crippen LogP contribution is -2.45. The minimum absolute atomic E-state index is 0.0164. The Labute approximate surface area is 164 Å². The molecule has 2 saturated heterocycles. The van der Waals surface area contributed by atoms with Crippen LogP contribution in [0.15, 0.2) is 35.7 Å². The van der Waals surface area contributed by atoms with E-state index in [4.69, 9.17) is 0 Å². The molecule has 4 rings (SSSR count). The largest absolute Gasteiger partial charge is 0.342 e. The summed E-state index contributed by atoms with van der Waals surface area (Å²) >= 11 is 1.50. The first kappa shape index (κ1) is 18.2. The molecular formula is C21H25N3O2S. The Morgan fingerprint density at radius 3 is 2.33 bits per heavy atom. The second kappa shape index (κ2) is 8.21. The molecule has 2 aliphatic heterocycles. The molecule has 27 heavy (non-hydrogen) atoms. The third kappa shape index (κ3) is 4.05. The van der Waals surface area contributed by atoms with E-state index in [1.54, 1.807) is 0 Å². The van der Waals surface area contributed by atoms with Crippen LogP contribution in [-0.4, -0.2) is 52.8 Å². The average molecular weight is 384 g/mol. The number of amides is 2. The van der Waals surface area contributed by atoms with Gasteiger partial charge in [0.2, 0.25) is 5.91 Å². The third-order valence-electron chi connectivity index (χ3n) is 5.54. The molecular weight excluding hydrogens is 358 g/mol. The van der Waals surface area contributed by atoms with Crippen LogP contribution in [0, 0.1) is 5.92 Å². The van der Waals surface area contributed by atoms with E-state index in [0.717, 1.165) is 49.3 Å². The minimum atomic E-state index is -0.0164. The second-order valence-corrected chi connectivity index (χ2v) is 8.21. The van der Waals surface area contributed by atoms with Gasteiger partial charge in [-0.2, -0.15) is 0 Å². The number of rotatable bonds is 3. The monoisotopic (exact) mass is 383 g/mol. The Morgan fingerprint density at radius 1 is 0.926 bits per heavy atom. The number of carbonyl (C=O) groups excluding carboxylic acids is 2. The molecule has 1 aromatic heterocycles. The van der Waals surface area contributed by atoms with Gasteiger partial charge in [0.05, 0.1) is 0 Å². The van der Waals surface area contributed by atoms with Gasteiger partial charge in [-0.25, -0.2) is 4.98 Å². The van der Waals surface area contributed by atoms with Crippen molar-refractivity contribution in [3.63, 3.8) is 0 Å². The summed E-state index contributed by atoms with van der Waals surface area (Å²) in [6, 6.07) is 9.93. The number of hydrogen-bond acceptors (Lipinski definition) is 4. The van der Waals surface area contributed by atoms with Crippen molar-refractivity contribution in [3.05, 3.63) is 41.4 Å². The Morgan fingerprint density at radius 2 is 1.63 bits per heavy atom. The maximum absolute atomic E-state index is 12.8. The average Bonchev–Trinajstić information content (AvgIpc) is 3.24. The van der Waals surface area contributed by atoms with Crippen molar-refractivity contribution in [1.29, 1.82) is 0 Å². The van der Waals surface area contributed by atoms with E-state index < -0.39 is 0 Å². The van der Waals surface area contributed by atoms with Crippen molar-refractivity contribution in [2.75, 3.05) is 26.2 Å². The predicted molar refractivity (Wildman–Crippen MR) is 107 cm³/mol. The highest BCUT2D eigenvalue weighted by atomic mass is 32.1. The highest BCUT2D eigenvalue weighted by molar-refractivity contribution is 7.13. The van der Waals surface area contributed by atoms with Crippen LogP contribution < -0.4 is 0 Å². The van der Waals surface area contributed by atoms with E-state index in [-0.39, 0.29) is 11.8 Å². The molecule has 0 unspecified atom stereocenters. The zero-order valence-electron chi connectivity index (χ0n) is 15.5. The van der Waals surface area contributed by atoms with Crippen LogP contribution in [-0.2, 0) is 4.79 Å². The lowest BCUT2D eigenvalue weighted by molar-refractivity contribution is -0.137. The summed E-state index contributed by atoms with van der Waals surface area (Å²) < 4.78 is 0. The summed E-state index contributed by atoms with van der Waals surface area (Å²) in [5, 5.41) is 2.71. The van der Waals surface area contributed by atoms with Gasteiger partial charge in [0.15, 0.2) is 0 Å². The van der Waals surface area contributed by atoms with Crippen LogP contribution in [0.25, 0.3) is 10.6 Å².